The van der Waals surface area contributed by atoms with Crippen LogP contribution in [0.3, 0.4) is 0 Å². The Balaban J connectivity index is 1.53. The van der Waals surface area contributed by atoms with Crippen molar-refractivity contribution in [3.8, 4) is 0 Å². The number of ether oxygens (including phenoxy) is 3. The maximum Gasteiger partial charge on any atom is 0.312 e. The predicted octanol–water partition coefficient (Wildman–Crippen LogP) is 0.788. The molecule has 4 atom stereocenters. The Morgan fingerprint density at radius 2 is 1.67 bits per heavy atom. The zero-order chi connectivity index (χ0) is 12.1. The minimum atomic E-state index is -0.414. The lowest BCUT2D eigenvalue weighted by Gasteiger charge is -2.89. The Morgan fingerprint density at radius 1 is 1.11 bits per heavy atom. The summed E-state index contributed by atoms with van der Waals surface area (Å²) < 4.78 is 17.2. The second-order valence-electron chi connectivity index (χ2n) is 6.71. The lowest BCUT2D eigenvalue weighted by atomic mass is 9.13. The van der Waals surface area contributed by atoms with Crippen molar-refractivity contribution in [2.45, 2.75) is 10.1 Å². The Hall–Kier alpha value is -0.130. The van der Waals surface area contributed by atoms with Gasteiger partial charge in [0, 0.05) is 5.92 Å². The van der Waals surface area contributed by atoms with Gasteiger partial charge in [-0.3, -0.25) is 4.79 Å². The minimum absolute atomic E-state index is 0.0109. The number of methoxy groups -OCH3 is 1. The van der Waals surface area contributed by atoms with Crippen LogP contribution in [-0.2, 0) is 19.0 Å². The highest BCUT2D eigenvalue weighted by molar-refractivity contribution is 9.10. The summed E-state index contributed by atoms with van der Waals surface area (Å²) in [6.45, 7) is 1.39. The van der Waals surface area contributed by atoms with E-state index in [0.717, 1.165) is 0 Å². The van der Waals surface area contributed by atoms with Crippen LogP contribution in [-0.4, -0.2) is 36.4 Å². The normalized spacial score (nSPS) is 69.9. The molecule has 1 aliphatic heterocycles. The molecule has 7 fully saturated rings. The van der Waals surface area contributed by atoms with E-state index in [4.69, 9.17) is 14.2 Å². The first kappa shape index (κ1) is 9.72. The minimum Gasteiger partial charge on any atom is -0.469 e. The molecular weight excluding hydrogens is 300 g/mol. The standard InChI is InChI=1S/C13H13BrO4/c1-16-10(15)11-4-7-5(11)9-6(11)8(4)12(7,14)13(9)17-2-3-18-13/h4-9H,2-3H2,1H3. The van der Waals surface area contributed by atoms with Gasteiger partial charge in [0.05, 0.1) is 30.1 Å². The molecule has 0 radical (unpaired) electrons. The topological polar surface area (TPSA) is 44.8 Å². The quantitative estimate of drug-likeness (QED) is 0.530. The van der Waals surface area contributed by atoms with Gasteiger partial charge in [0.1, 0.15) is 0 Å². The molecule has 1 heterocycles. The Bertz CT molecular complexity index is 505. The van der Waals surface area contributed by atoms with E-state index in [1.807, 2.05) is 0 Å². The number of alkyl halides is 1. The lowest BCUT2D eigenvalue weighted by molar-refractivity contribution is -0.421. The highest BCUT2D eigenvalue weighted by atomic mass is 79.9. The smallest absolute Gasteiger partial charge is 0.312 e. The van der Waals surface area contributed by atoms with E-state index in [-0.39, 0.29) is 15.7 Å². The molecule has 0 aromatic rings. The average molecular weight is 313 g/mol. The van der Waals surface area contributed by atoms with Gasteiger partial charge in [0.2, 0.25) is 0 Å². The molecule has 96 valence electrons. The lowest BCUT2D eigenvalue weighted by Crippen LogP contribution is -2.94. The van der Waals surface area contributed by atoms with Crippen LogP contribution in [0.2, 0.25) is 0 Å². The molecule has 7 rings (SSSR count). The van der Waals surface area contributed by atoms with E-state index in [1.165, 1.54) is 7.11 Å². The maximum absolute atomic E-state index is 12.1. The summed E-state index contributed by atoms with van der Waals surface area (Å²) in [5.41, 5.74) is -0.134. The number of hydrogen-bond donors (Lipinski definition) is 0. The van der Waals surface area contributed by atoms with Crippen LogP contribution in [0.1, 0.15) is 0 Å². The van der Waals surface area contributed by atoms with E-state index in [9.17, 15) is 4.79 Å². The van der Waals surface area contributed by atoms with Gasteiger partial charge in [-0.1, -0.05) is 15.9 Å². The van der Waals surface area contributed by atoms with Crippen LogP contribution in [0.15, 0.2) is 0 Å². The maximum atomic E-state index is 12.1. The van der Waals surface area contributed by atoms with E-state index in [1.54, 1.807) is 0 Å². The van der Waals surface area contributed by atoms with Crippen molar-refractivity contribution in [3.05, 3.63) is 0 Å². The first-order chi connectivity index (χ1) is 8.67. The second kappa shape index (κ2) is 2.21. The molecule has 6 saturated carbocycles. The third kappa shape index (κ3) is 0.476. The van der Waals surface area contributed by atoms with Crippen molar-refractivity contribution in [2.24, 2.45) is 40.9 Å². The van der Waals surface area contributed by atoms with Crippen LogP contribution in [0.25, 0.3) is 0 Å². The van der Waals surface area contributed by atoms with Crippen LogP contribution in [0.4, 0.5) is 0 Å². The molecule has 5 heteroatoms. The van der Waals surface area contributed by atoms with Crippen LogP contribution < -0.4 is 0 Å². The van der Waals surface area contributed by atoms with Gasteiger partial charge in [-0.2, -0.15) is 0 Å². The summed E-state index contributed by atoms with van der Waals surface area (Å²) in [7, 11) is 1.52. The Morgan fingerprint density at radius 3 is 2.22 bits per heavy atom. The van der Waals surface area contributed by atoms with Crippen LogP contribution in [0, 0.1) is 40.9 Å². The summed E-state index contributed by atoms with van der Waals surface area (Å²) in [5.74, 6) is 2.63. The molecule has 0 aromatic carbocycles. The summed E-state index contributed by atoms with van der Waals surface area (Å²) in [6.07, 6.45) is 0. The van der Waals surface area contributed by atoms with Crippen LogP contribution in [0.5, 0.6) is 0 Å². The Labute approximate surface area is 112 Å². The van der Waals surface area contributed by atoms with E-state index >= 15 is 0 Å². The highest BCUT2D eigenvalue weighted by Crippen LogP contribution is 3.04. The monoisotopic (exact) mass is 312 g/mol. The zero-order valence-electron chi connectivity index (χ0n) is 9.89. The van der Waals surface area contributed by atoms with E-state index in [2.05, 4.69) is 15.9 Å². The van der Waals surface area contributed by atoms with Gasteiger partial charge in [0.15, 0.2) is 5.79 Å². The zero-order valence-corrected chi connectivity index (χ0v) is 11.5. The molecule has 0 N–H and O–H groups in total. The Kier molecular flexibility index (Phi) is 1.19. The van der Waals surface area contributed by atoms with Crippen molar-refractivity contribution < 1.29 is 19.0 Å². The molecule has 18 heavy (non-hydrogen) atoms. The summed E-state index contributed by atoms with van der Waals surface area (Å²) >= 11 is 3.97. The number of carbonyl (C=O) groups excluding carboxylic acids is 1. The van der Waals surface area contributed by atoms with E-state index < -0.39 is 5.79 Å². The fourth-order valence-corrected chi connectivity index (χ4v) is 8.84. The molecular formula is C13H13BrO4. The first-order valence-electron chi connectivity index (χ1n) is 6.72. The molecule has 1 spiro atoms. The molecule has 4 unspecified atom stereocenters. The van der Waals surface area contributed by atoms with Crippen molar-refractivity contribution in [3.63, 3.8) is 0 Å². The van der Waals surface area contributed by atoms with E-state index in [0.29, 0.717) is 48.7 Å². The van der Waals surface area contributed by atoms with Crippen molar-refractivity contribution in [1.29, 1.82) is 0 Å². The SMILES string of the molecule is COC(=O)C12C3C4C1C1C2C3C1(Br)C41OCCO1. The summed E-state index contributed by atoms with van der Waals surface area (Å²) in [5, 5.41) is 0. The average Bonchev–Trinajstić information content (AvgIpc) is 2.89. The van der Waals surface area contributed by atoms with Gasteiger partial charge in [-0.25, -0.2) is 0 Å². The van der Waals surface area contributed by atoms with Crippen molar-refractivity contribution >= 4 is 21.9 Å². The molecule has 0 aromatic heterocycles. The molecule has 7 aliphatic rings. The van der Waals surface area contributed by atoms with Gasteiger partial charge in [-0.05, 0) is 29.6 Å². The summed E-state index contributed by atoms with van der Waals surface area (Å²) in [6, 6.07) is 0. The third-order valence-electron chi connectivity index (χ3n) is 7.17. The number of rotatable bonds is 1. The molecule has 2 bridgehead atoms. The first-order valence-corrected chi connectivity index (χ1v) is 7.52. The fourth-order valence-electron chi connectivity index (χ4n) is 7.20. The number of carbonyl (C=O) groups is 1. The molecule has 4 nitrogen and oxygen atoms in total. The predicted molar refractivity (Wildman–Crippen MR) is 61.7 cm³/mol. The van der Waals surface area contributed by atoms with Gasteiger partial charge in [-0.15, -0.1) is 0 Å². The van der Waals surface area contributed by atoms with Crippen molar-refractivity contribution in [1.82, 2.24) is 0 Å². The fraction of sp³-hybridized carbons (Fsp3) is 0.923. The molecule has 0 amide bonds. The molecule has 6 aliphatic carbocycles. The third-order valence-corrected chi connectivity index (χ3v) is 8.78. The highest BCUT2D eigenvalue weighted by Gasteiger charge is 3.10. The van der Waals surface area contributed by atoms with Gasteiger partial charge < -0.3 is 14.2 Å². The van der Waals surface area contributed by atoms with Crippen molar-refractivity contribution in [2.75, 3.05) is 20.3 Å². The number of esters is 1. The number of hydrogen-bond acceptors (Lipinski definition) is 4. The molecule has 1 saturated heterocycles. The summed E-state index contributed by atoms with van der Waals surface area (Å²) in [4.78, 5) is 12.1. The number of halogens is 1. The van der Waals surface area contributed by atoms with Gasteiger partial charge >= 0.3 is 5.97 Å². The largest absolute Gasteiger partial charge is 0.469 e. The van der Waals surface area contributed by atoms with Gasteiger partial charge in [0.25, 0.3) is 0 Å². The second-order valence-corrected chi connectivity index (χ2v) is 8.02. The van der Waals surface area contributed by atoms with Crippen LogP contribution >= 0.6 is 15.9 Å².